The Morgan fingerprint density at radius 2 is 1.76 bits per heavy atom. The Morgan fingerprint density at radius 3 is 2.28 bits per heavy atom. The second-order valence-corrected chi connectivity index (χ2v) is 8.26. The van der Waals surface area contributed by atoms with Gasteiger partial charge in [0.25, 0.3) is 5.91 Å². The topological polar surface area (TPSA) is 37.6 Å². The Morgan fingerprint density at radius 1 is 1.16 bits per heavy atom. The number of hydrogen-bond donors (Lipinski definition) is 0. The highest BCUT2D eigenvalue weighted by Gasteiger charge is 2.18. The van der Waals surface area contributed by atoms with Gasteiger partial charge in [-0.1, -0.05) is 34.6 Å². The molecule has 2 heterocycles. The van der Waals surface area contributed by atoms with E-state index in [4.69, 9.17) is 0 Å². The minimum atomic E-state index is 0.120. The normalized spacial score (nSPS) is 11.7. The smallest absolute Gasteiger partial charge is 0.255 e. The largest absolute Gasteiger partial charge is 0.339 e. The van der Waals surface area contributed by atoms with Gasteiger partial charge in [-0.15, -0.1) is 0 Å². The molecule has 0 aromatic carbocycles. The van der Waals surface area contributed by atoms with Gasteiger partial charge >= 0.3 is 0 Å². The molecule has 1 amide bonds. The number of nitrogens with zero attached hydrogens (tertiary/aromatic N) is 3. The maximum absolute atomic E-state index is 13.1. The fourth-order valence-corrected chi connectivity index (χ4v) is 3.49. The Hall–Kier alpha value is -1.36. The van der Waals surface area contributed by atoms with Gasteiger partial charge in [0.2, 0.25) is 0 Å². The maximum Gasteiger partial charge on any atom is 0.255 e. The average Bonchev–Trinajstić information content (AvgIpc) is 2.87. The maximum atomic E-state index is 13.1. The van der Waals surface area contributed by atoms with Crippen LogP contribution in [0.4, 0.5) is 0 Å². The van der Waals surface area contributed by atoms with Crippen LogP contribution in [0, 0.1) is 11.8 Å². The van der Waals surface area contributed by atoms with Crippen molar-refractivity contribution in [3.05, 3.63) is 34.2 Å². The minimum Gasteiger partial charge on any atom is -0.339 e. The van der Waals surface area contributed by atoms with Crippen LogP contribution < -0.4 is 0 Å². The van der Waals surface area contributed by atoms with E-state index in [-0.39, 0.29) is 5.91 Å². The van der Waals surface area contributed by atoms with E-state index in [2.05, 4.69) is 55.5 Å². The second-order valence-electron chi connectivity index (χ2n) is 7.51. The highest BCUT2D eigenvalue weighted by atomic mass is 79.9. The summed E-state index contributed by atoms with van der Waals surface area (Å²) in [4.78, 5) is 19.6. The molecular weight excluding hydrogens is 378 g/mol. The molecule has 0 aliphatic heterocycles. The summed E-state index contributed by atoms with van der Waals surface area (Å²) in [7, 11) is 0. The Balaban J connectivity index is 2.28. The summed E-state index contributed by atoms with van der Waals surface area (Å²) in [5.41, 5.74) is 2.70. The highest BCUT2D eigenvalue weighted by molar-refractivity contribution is 9.10. The van der Waals surface area contributed by atoms with Crippen molar-refractivity contribution in [1.82, 2.24) is 14.3 Å². The molecule has 25 heavy (non-hydrogen) atoms. The highest BCUT2D eigenvalue weighted by Crippen LogP contribution is 2.20. The molecule has 2 aromatic rings. The van der Waals surface area contributed by atoms with Gasteiger partial charge in [-0.05, 0) is 59.2 Å². The lowest BCUT2D eigenvalue weighted by Gasteiger charge is -2.24. The number of aryl methyl sites for hydroxylation is 1. The standard InChI is InChI=1S/C20H30BrN3O/c1-6-17-19(21)22-18-8-7-16(13-24(17)18)20(25)23(11-9-14(2)3)12-10-15(4)5/h7-8,13-15H,6,9-12H2,1-5H3. The van der Waals surface area contributed by atoms with E-state index < -0.39 is 0 Å². The third-order valence-corrected chi connectivity index (χ3v) is 5.13. The molecule has 2 aromatic heterocycles. The summed E-state index contributed by atoms with van der Waals surface area (Å²) in [6.07, 6.45) is 4.86. The van der Waals surface area contributed by atoms with Crippen LogP contribution in [0.25, 0.3) is 5.65 Å². The van der Waals surface area contributed by atoms with Gasteiger partial charge in [0.15, 0.2) is 0 Å². The van der Waals surface area contributed by atoms with Crippen LogP contribution in [0.5, 0.6) is 0 Å². The van der Waals surface area contributed by atoms with Crippen LogP contribution in [-0.4, -0.2) is 33.3 Å². The molecule has 138 valence electrons. The summed E-state index contributed by atoms with van der Waals surface area (Å²) in [5, 5.41) is 0. The van der Waals surface area contributed by atoms with E-state index >= 15 is 0 Å². The molecule has 0 unspecified atom stereocenters. The first kappa shape index (κ1) is 20.0. The lowest BCUT2D eigenvalue weighted by Crippen LogP contribution is -2.34. The van der Waals surface area contributed by atoms with Crippen molar-refractivity contribution >= 4 is 27.5 Å². The van der Waals surface area contributed by atoms with Crippen molar-refractivity contribution < 1.29 is 4.79 Å². The number of pyridine rings is 1. The van der Waals surface area contributed by atoms with Crippen molar-refractivity contribution in [1.29, 1.82) is 0 Å². The summed E-state index contributed by atoms with van der Waals surface area (Å²) in [6, 6.07) is 3.83. The molecular formula is C20H30BrN3O. The molecule has 0 radical (unpaired) electrons. The fourth-order valence-electron chi connectivity index (χ4n) is 2.83. The molecule has 0 saturated carbocycles. The number of fused-ring (bicyclic) bond motifs is 1. The Bertz CT molecular complexity index is 709. The zero-order valence-electron chi connectivity index (χ0n) is 16.1. The van der Waals surface area contributed by atoms with E-state index in [1.807, 2.05) is 27.6 Å². The quantitative estimate of drug-likeness (QED) is 0.603. The molecule has 0 N–H and O–H groups in total. The molecule has 2 rings (SSSR count). The predicted molar refractivity (Wildman–Crippen MR) is 107 cm³/mol. The second kappa shape index (κ2) is 8.84. The lowest BCUT2D eigenvalue weighted by molar-refractivity contribution is 0.0740. The monoisotopic (exact) mass is 407 g/mol. The van der Waals surface area contributed by atoms with Crippen LogP contribution in [0.3, 0.4) is 0 Å². The molecule has 0 bridgehead atoms. The van der Waals surface area contributed by atoms with Crippen molar-refractivity contribution in [2.75, 3.05) is 13.1 Å². The van der Waals surface area contributed by atoms with Crippen molar-refractivity contribution in [2.24, 2.45) is 11.8 Å². The number of carbonyl (C=O) groups excluding carboxylic acids is 1. The fraction of sp³-hybridized carbons (Fsp3) is 0.600. The Labute approximate surface area is 159 Å². The first-order chi connectivity index (χ1) is 11.8. The summed E-state index contributed by atoms with van der Waals surface area (Å²) in [5.74, 6) is 1.30. The minimum absolute atomic E-state index is 0.120. The number of aromatic nitrogens is 2. The molecule has 4 nitrogen and oxygen atoms in total. The van der Waals surface area contributed by atoms with Gasteiger partial charge in [-0.25, -0.2) is 4.98 Å². The van der Waals surface area contributed by atoms with E-state index in [1.54, 1.807) is 0 Å². The summed E-state index contributed by atoms with van der Waals surface area (Å²) in [6.45, 7) is 12.5. The van der Waals surface area contributed by atoms with Crippen LogP contribution in [0.15, 0.2) is 22.9 Å². The number of amides is 1. The molecule has 0 aliphatic carbocycles. The molecule has 5 heteroatoms. The summed E-state index contributed by atoms with van der Waals surface area (Å²) >= 11 is 3.51. The van der Waals surface area contributed by atoms with Gasteiger partial charge < -0.3 is 9.30 Å². The predicted octanol–water partition coefficient (Wildman–Crippen LogP) is 5.19. The van der Waals surface area contributed by atoms with E-state index in [0.29, 0.717) is 11.8 Å². The first-order valence-corrected chi connectivity index (χ1v) is 10.1. The van der Waals surface area contributed by atoms with E-state index in [9.17, 15) is 4.79 Å². The van der Waals surface area contributed by atoms with E-state index in [0.717, 1.165) is 53.9 Å². The van der Waals surface area contributed by atoms with Gasteiger partial charge in [0, 0.05) is 19.3 Å². The van der Waals surface area contributed by atoms with Gasteiger partial charge in [-0.3, -0.25) is 4.79 Å². The van der Waals surface area contributed by atoms with E-state index in [1.165, 1.54) is 0 Å². The zero-order valence-corrected chi connectivity index (χ0v) is 17.6. The van der Waals surface area contributed by atoms with Crippen LogP contribution in [-0.2, 0) is 6.42 Å². The van der Waals surface area contributed by atoms with Crippen LogP contribution >= 0.6 is 15.9 Å². The molecule has 0 spiro atoms. The number of halogens is 1. The van der Waals surface area contributed by atoms with Crippen LogP contribution in [0.2, 0.25) is 0 Å². The van der Waals surface area contributed by atoms with Gasteiger partial charge in [0.05, 0.1) is 11.3 Å². The van der Waals surface area contributed by atoms with Crippen molar-refractivity contribution in [2.45, 2.75) is 53.9 Å². The summed E-state index contributed by atoms with van der Waals surface area (Å²) < 4.78 is 2.89. The van der Waals surface area contributed by atoms with Crippen molar-refractivity contribution in [3.8, 4) is 0 Å². The molecule has 0 fully saturated rings. The first-order valence-electron chi connectivity index (χ1n) is 9.29. The SMILES string of the molecule is CCc1c(Br)nc2ccc(C(=O)N(CCC(C)C)CCC(C)C)cn12. The number of rotatable bonds is 8. The van der Waals surface area contributed by atoms with Gasteiger partial charge in [-0.2, -0.15) is 0 Å². The third kappa shape index (κ3) is 5.06. The lowest BCUT2D eigenvalue weighted by atomic mass is 10.1. The third-order valence-electron chi connectivity index (χ3n) is 4.49. The number of hydrogen-bond acceptors (Lipinski definition) is 2. The van der Waals surface area contributed by atoms with Crippen molar-refractivity contribution in [3.63, 3.8) is 0 Å². The number of imidazole rings is 1. The van der Waals surface area contributed by atoms with Crippen LogP contribution in [0.1, 0.15) is 63.5 Å². The molecule has 0 saturated heterocycles. The Kier molecular flexibility index (Phi) is 7.05. The molecule has 0 atom stereocenters. The van der Waals surface area contributed by atoms with Gasteiger partial charge in [0.1, 0.15) is 10.3 Å². The molecule has 0 aliphatic rings. The average molecular weight is 408 g/mol. The zero-order chi connectivity index (χ0) is 18.6. The number of carbonyl (C=O) groups is 1.